The quantitative estimate of drug-likeness (QED) is 0.626. The van der Waals surface area contributed by atoms with Crippen molar-refractivity contribution < 1.29 is 14.3 Å². The Labute approximate surface area is 166 Å². The molecule has 140 valence electrons. The van der Waals surface area contributed by atoms with Gasteiger partial charge in [0.05, 0.1) is 24.4 Å². The highest BCUT2D eigenvalue weighted by atomic mass is 35.5. The monoisotopic (exact) mass is 402 g/mol. The van der Waals surface area contributed by atoms with Gasteiger partial charge in [0.2, 0.25) is 0 Å². The molecule has 5 nitrogen and oxygen atoms in total. The molecular formula is C20H19ClN2O3S. The van der Waals surface area contributed by atoms with Gasteiger partial charge in [-0.2, -0.15) is 0 Å². The lowest BCUT2D eigenvalue weighted by Gasteiger charge is -2.12. The van der Waals surface area contributed by atoms with Crippen LogP contribution in [0.15, 0.2) is 47.8 Å². The lowest BCUT2D eigenvalue weighted by molar-refractivity contribution is 0.0950. The zero-order valence-corrected chi connectivity index (χ0v) is 16.6. The van der Waals surface area contributed by atoms with Crippen LogP contribution in [0.2, 0.25) is 5.02 Å². The summed E-state index contributed by atoms with van der Waals surface area (Å²) in [4.78, 5) is 16.7. The average molecular weight is 403 g/mol. The molecule has 0 bridgehead atoms. The fraction of sp³-hybridized carbons (Fsp3) is 0.200. The van der Waals surface area contributed by atoms with Crippen molar-refractivity contribution in [3.05, 3.63) is 74.7 Å². The van der Waals surface area contributed by atoms with Gasteiger partial charge in [-0.25, -0.2) is 4.98 Å². The van der Waals surface area contributed by atoms with E-state index in [1.807, 2.05) is 36.6 Å². The lowest BCUT2D eigenvalue weighted by Crippen LogP contribution is -2.23. The van der Waals surface area contributed by atoms with Gasteiger partial charge in [0.1, 0.15) is 6.61 Å². The average Bonchev–Trinajstić information content (AvgIpc) is 3.10. The predicted molar refractivity (Wildman–Crippen MR) is 107 cm³/mol. The number of hydrogen-bond acceptors (Lipinski definition) is 5. The van der Waals surface area contributed by atoms with E-state index < -0.39 is 0 Å². The van der Waals surface area contributed by atoms with E-state index in [4.69, 9.17) is 21.1 Å². The van der Waals surface area contributed by atoms with Crippen LogP contribution in [-0.2, 0) is 13.2 Å². The molecule has 0 spiro atoms. The highest BCUT2D eigenvalue weighted by Crippen LogP contribution is 2.29. The maximum atomic E-state index is 12.4. The largest absolute Gasteiger partial charge is 0.493 e. The Balaban J connectivity index is 1.64. The molecule has 0 atom stereocenters. The number of thiazole rings is 1. The summed E-state index contributed by atoms with van der Waals surface area (Å²) in [6.45, 7) is 2.70. The van der Waals surface area contributed by atoms with Crippen molar-refractivity contribution in [3.8, 4) is 11.5 Å². The summed E-state index contributed by atoms with van der Waals surface area (Å²) in [6.07, 6.45) is 0. The molecule has 0 saturated carbocycles. The molecule has 0 radical (unpaired) electrons. The summed E-state index contributed by atoms with van der Waals surface area (Å²) in [5.41, 5.74) is 2.33. The molecule has 0 saturated heterocycles. The Kier molecular flexibility index (Phi) is 6.32. The van der Waals surface area contributed by atoms with Gasteiger partial charge in [-0.05, 0) is 42.8 Å². The van der Waals surface area contributed by atoms with Crippen molar-refractivity contribution >= 4 is 28.8 Å². The number of ether oxygens (including phenoxy) is 2. The summed E-state index contributed by atoms with van der Waals surface area (Å²) >= 11 is 7.45. The van der Waals surface area contributed by atoms with Crippen LogP contribution in [0.1, 0.15) is 26.6 Å². The third-order valence-electron chi connectivity index (χ3n) is 3.83. The number of nitrogens with zero attached hydrogens (tertiary/aromatic N) is 1. The fourth-order valence-electron chi connectivity index (χ4n) is 2.43. The van der Waals surface area contributed by atoms with Crippen molar-refractivity contribution in [1.82, 2.24) is 10.3 Å². The van der Waals surface area contributed by atoms with E-state index >= 15 is 0 Å². The van der Waals surface area contributed by atoms with Gasteiger partial charge in [0.15, 0.2) is 11.5 Å². The number of carbonyl (C=O) groups excluding carboxylic acids is 1. The first-order valence-electron chi connectivity index (χ1n) is 8.29. The van der Waals surface area contributed by atoms with Gasteiger partial charge >= 0.3 is 0 Å². The van der Waals surface area contributed by atoms with Gasteiger partial charge in [-0.1, -0.05) is 23.7 Å². The number of methoxy groups -OCH3 is 1. The van der Waals surface area contributed by atoms with Crippen molar-refractivity contribution in [2.24, 2.45) is 0 Å². The highest BCUT2D eigenvalue weighted by molar-refractivity contribution is 7.09. The molecule has 2 aromatic carbocycles. The summed E-state index contributed by atoms with van der Waals surface area (Å²) in [5.74, 6) is 0.878. The first-order chi connectivity index (χ1) is 13.0. The maximum Gasteiger partial charge on any atom is 0.251 e. The molecule has 0 aliphatic heterocycles. The Morgan fingerprint density at radius 1 is 1.19 bits per heavy atom. The summed E-state index contributed by atoms with van der Waals surface area (Å²) < 4.78 is 11.2. The fourth-order valence-corrected chi connectivity index (χ4v) is 3.17. The van der Waals surface area contributed by atoms with Crippen molar-refractivity contribution in [1.29, 1.82) is 0 Å². The number of rotatable bonds is 7. The molecule has 0 unspecified atom stereocenters. The van der Waals surface area contributed by atoms with E-state index in [1.165, 1.54) is 0 Å². The van der Waals surface area contributed by atoms with Crippen LogP contribution in [0.3, 0.4) is 0 Å². The van der Waals surface area contributed by atoms with Crippen LogP contribution in [0, 0.1) is 6.92 Å². The van der Waals surface area contributed by atoms with E-state index in [-0.39, 0.29) is 5.91 Å². The molecule has 1 aromatic heterocycles. The third-order valence-corrected chi connectivity index (χ3v) is 4.90. The number of amides is 1. The third kappa shape index (κ3) is 5.21. The first kappa shape index (κ1) is 19.2. The van der Waals surface area contributed by atoms with E-state index in [0.717, 1.165) is 16.3 Å². The van der Waals surface area contributed by atoms with Crippen LogP contribution in [0.5, 0.6) is 11.5 Å². The van der Waals surface area contributed by atoms with Crippen molar-refractivity contribution in [2.45, 2.75) is 20.1 Å². The van der Waals surface area contributed by atoms with Gasteiger partial charge in [-0.3, -0.25) is 4.79 Å². The summed E-state index contributed by atoms with van der Waals surface area (Å²) in [7, 11) is 1.55. The number of carbonyl (C=O) groups is 1. The van der Waals surface area contributed by atoms with Gasteiger partial charge in [0, 0.05) is 16.0 Å². The van der Waals surface area contributed by atoms with E-state index in [9.17, 15) is 4.79 Å². The minimum absolute atomic E-state index is 0.191. The van der Waals surface area contributed by atoms with Crippen molar-refractivity contribution in [2.75, 3.05) is 7.11 Å². The number of aromatic nitrogens is 1. The standard InChI is InChI=1S/C20H19ClN2O3S/c1-13-23-17(12-27-13)10-22-20(24)15-5-8-18(19(9-15)25-2)26-11-14-3-6-16(21)7-4-14/h3-9,12H,10-11H2,1-2H3,(H,22,24). The van der Waals surface area contributed by atoms with E-state index in [1.54, 1.807) is 36.6 Å². The molecular weight excluding hydrogens is 384 g/mol. The molecule has 0 aliphatic rings. The Morgan fingerprint density at radius 2 is 1.96 bits per heavy atom. The zero-order chi connectivity index (χ0) is 19.2. The Bertz CT molecular complexity index is 925. The normalized spacial score (nSPS) is 10.5. The van der Waals surface area contributed by atoms with E-state index in [2.05, 4.69) is 10.3 Å². The molecule has 27 heavy (non-hydrogen) atoms. The minimum atomic E-state index is -0.191. The second-order valence-corrected chi connectivity index (χ2v) is 7.32. The molecule has 3 rings (SSSR count). The first-order valence-corrected chi connectivity index (χ1v) is 9.55. The second kappa shape index (κ2) is 8.88. The SMILES string of the molecule is COc1cc(C(=O)NCc2csc(C)n2)ccc1OCc1ccc(Cl)cc1. The molecule has 1 amide bonds. The Hall–Kier alpha value is -2.57. The number of hydrogen-bond donors (Lipinski definition) is 1. The molecule has 1 N–H and O–H groups in total. The number of halogens is 1. The summed E-state index contributed by atoms with van der Waals surface area (Å²) in [6, 6.07) is 12.5. The summed E-state index contributed by atoms with van der Waals surface area (Å²) in [5, 5.41) is 6.45. The van der Waals surface area contributed by atoms with Crippen LogP contribution >= 0.6 is 22.9 Å². The highest BCUT2D eigenvalue weighted by Gasteiger charge is 2.12. The topological polar surface area (TPSA) is 60.5 Å². The minimum Gasteiger partial charge on any atom is -0.493 e. The van der Waals surface area contributed by atoms with Gasteiger partial charge in [-0.15, -0.1) is 11.3 Å². The molecule has 7 heteroatoms. The molecule has 0 fully saturated rings. The second-order valence-electron chi connectivity index (χ2n) is 5.82. The zero-order valence-electron chi connectivity index (χ0n) is 15.0. The number of aryl methyl sites for hydroxylation is 1. The van der Waals surface area contributed by atoms with Crippen LogP contribution in [0.4, 0.5) is 0 Å². The van der Waals surface area contributed by atoms with Gasteiger partial charge < -0.3 is 14.8 Å². The Morgan fingerprint density at radius 3 is 2.63 bits per heavy atom. The number of nitrogens with one attached hydrogen (secondary N) is 1. The molecule has 1 heterocycles. The van der Waals surface area contributed by atoms with Gasteiger partial charge in [0.25, 0.3) is 5.91 Å². The van der Waals surface area contributed by atoms with Crippen molar-refractivity contribution in [3.63, 3.8) is 0 Å². The van der Waals surface area contributed by atoms with Crippen LogP contribution in [0.25, 0.3) is 0 Å². The van der Waals surface area contributed by atoms with Crippen LogP contribution in [-0.4, -0.2) is 18.0 Å². The molecule has 3 aromatic rings. The molecule has 0 aliphatic carbocycles. The predicted octanol–water partition coefficient (Wildman–Crippen LogP) is 4.62. The maximum absolute atomic E-state index is 12.4. The lowest BCUT2D eigenvalue weighted by atomic mass is 10.2. The van der Waals surface area contributed by atoms with E-state index in [0.29, 0.717) is 35.2 Å². The number of benzene rings is 2. The van der Waals surface area contributed by atoms with Crippen LogP contribution < -0.4 is 14.8 Å². The smallest absolute Gasteiger partial charge is 0.251 e.